The molecule has 0 aromatic heterocycles. The van der Waals surface area contributed by atoms with E-state index >= 15 is 0 Å². The molecule has 0 radical (unpaired) electrons. The molecule has 0 bridgehead atoms. The van der Waals surface area contributed by atoms with Crippen molar-refractivity contribution in [3.63, 3.8) is 0 Å². The smallest absolute Gasteiger partial charge is 0.337 e. The van der Waals surface area contributed by atoms with E-state index in [4.69, 9.17) is 15.6 Å². The fraction of sp³-hybridized carbons (Fsp3) is 0.417. The van der Waals surface area contributed by atoms with Gasteiger partial charge in [0.1, 0.15) is 0 Å². The van der Waals surface area contributed by atoms with Crippen molar-refractivity contribution in [1.82, 2.24) is 4.31 Å². The fourth-order valence-corrected chi connectivity index (χ4v) is 3.36. The lowest BCUT2D eigenvalue weighted by Crippen LogP contribution is -2.34. The van der Waals surface area contributed by atoms with Gasteiger partial charge in [-0.1, -0.05) is 6.92 Å². The summed E-state index contributed by atoms with van der Waals surface area (Å²) in [7, 11) is -2.47. The van der Waals surface area contributed by atoms with Crippen LogP contribution in [0, 0.1) is 0 Å². The van der Waals surface area contributed by atoms with Crippen molar-refractivity contribution in [2.24, 2.45) is 0 Å². The lowest BCUT2D eigenvalue weighted by molar-refractivity contribution is 0.0692. The number of nitrogens with two attached hydrogens (primary N) is 1. The summed E-state index contributed by atoms with van der Waals surface area (Å²) in [6.45, 7) is 2.24. The molecule has 0 atom stereocenters. The minimum absolute atomic E-state index is 0.142. The van der Waals surface area contributed by atoms with Gasteiger partial charge in [0.05, 0.1) is 17.1 Å². The van der Waals surface area contributed by atoms with Crippen molar-refractivity contribution in [1.29, 1.82) is 0 Å². The zero-order valence-electron chi connectivity index (χ0n) is 11.4. The first-order valence-electron chi connectivity index (χ1n) is 5.96. The molecule has 0 unspecified atom stereocenters. The number of nitrogen functional groups attached to an aromatic ring is 1. The van der Waals surface area contributed by atoms with E-state index in [1.165, 1.54) is 19.2 Å². The van der Waals surface area contributed by atoms with E-state index in [1.54, 1.807) is 6.92 Å². The number of anilines is 1. The van der Waals surface area contributed by atoms with Crippen molar-refractivity contribution in [2.45, 2.75) is 11.8 Å². The number of rotatable bonds is 7. The lowest BCUT2D eigenvalue weighted by atomic mass is 10.2. The van der Waals surface area contributed by atoms with Crippen molar-refractivity contribution in [2.75, 3.05) is 32.5 Å². The molecule has 1 aromatic carbocycles. The van der Waals surface area contributed by atoms with Gasteiger partial charge in [-0.25, -0.2) is 13.2 Å². The first kappa shape index (κ1) is 16.4. The molecule has 8 heteroatoms. The predicted molar refractivity (Wildman–Crippen MR) is 74.1 cm³/mol. The molecule has 0 aliphatic heterocycles. The summed E-state index contributed by atoms with van der Waals surface area (Å²) in [5.41, 5.74) is 5.46. The van der Waals surface area contributed by atoms with Crippen LogP contribution in [0.3, 0.4) is 0 Å². The zero-order chi connectivity index (χ0) is 15.3. The number of nitrogens with zero attached hydrogens (tertiary/aromatic N) is 1. The van der Waals surface area contributed by atoms with Gasteiger partial charge < -0.3 is 15.6 Å². The number of hydrogen-bond acceptors (Lipinski definition) is 5. The average Bonchev–Trinajstić information content (AvgIpc) is 2.38. The van der Waals surface area contributed by atoms with E-state index in [1.807, 2.05) is 0 Å². The number of hydrogen-bond donors (Lipinski definition) is 2. The van der Waals surface area contributed by atoms with E-state index in [2.05, 4.69) is 0 Å². The van der Waals surface area contributed by atoms with Crippen LogP contribution in [-0.4, -0.2) is 50.6 Å². The van der Waals surface area contributed by atoms with Gasteiger partial charge in [-0.05, 0) is 18.2 Å². The summed E-state index contributed by atoms with van der Waals surface area (Å²) in [5, 5.41) is 9.10. The standard InChI is InChI=1S/C12H18N2O5S/c1-3-14(6-7-19-2)20(17,18)11-8-9(13)4-5-10(11)12(15)16/h4-5,8H,3,6-7,13H2,1-2H3,(H,15,16). The summed E-state index contributed by atoms with van der Waals surface area (Å²) in [6, 6.07) is 3.71. The highest BCUT2D eigenvalue weighted by molar-refractivity contribution is 7.89. The number of carboxylic acid groups (broad SMARTS) is 1. The van der Waals surface area contributed by atoms with E-state index < -0.39 is 16.0 Å². The Balaban J connectivity index is 3.32. The Kier molecular flexibility index (Phi) is 5.49. The maximum atomic E-state index is 12.5. The Hall–Kier alpha value is -1.64. The fourth-order valence-electron chi connectivity index (χ4n) is 1.71. The molecule has 20 heavy (non-hydrogen) atoms. The normalized spacial score (nSPS) is 11.8. The third-order valence-corrected chi connectivity index (χ3v) is 4.77. The maximum Gasteiger partial charge on any atom is 0.337 e. The minimum atomic E-state index is -3.93. The summed E-state index contributed by atoms with van der Waals surface area (Å²) < 4.78 is 31.0. The number of benzene rings is 1. The van der Waals surface area contributed by atoms with Crippen molar-refractivity contribution in [3.05, 3.63) is 23.8 Å². The monoisotopic (exact) mass is 302 g/mol. The first-order chi connectivity index (χ1) is 9.34. The van der Waals surface area contributed by atoms with Crippen LogP contribution < -0.4 is 5.73 Å². The van der Waals surface area contributed by atoms with Crippen LogP contribution in [0.5, 0.6) is 0 Å². The van der Waals surface area contributed by atoms with Gasteiger partial charge in [0.15, 0.2) is 0 Å². The Morgan fingerprint density at radius 2 is 2.10 bits per heavy atom. The predicted octanol–water partition coefficient (Wildman–Crippen LogP) is 0.624. The zero-order valence-corrected chi connectivity index (χ0v) is 12.2. The van der Waals surface area contributed by atoms with Crippen LogP contribution in [-0.2, 0) is 14.8 Å². The van der Waals surface area contributed by atoms with E-state index in [9.17, 15) is 13.2 Å². The number of aromatic carboxylic acids is 1. The molecule has 0 saturated carbocycles. The third kappa shape index (κ3) is 3.47. The summed E-state index contributed by atoms with van der Waals surface area (Å²) in [5.74, 6) is -1.31. The average molecular weight is 302 g/mol. The van der Waals surface area contributed by atoms with Crippen LogP contribution in [0.1, 0.15) is 17.3 Å². The van der Waals surface area contributed by atoms with Crippen LogP contribution in [0.4, 0.5) is 5.69 Å². The largest absolute Gasteiger partial charge is 0.478 e. The Morgan fingerprint density at radius 1 is 1.45 bits per heavy atom. The van der Waals surface area contributed by atoms with Gasteiger partial charge in [0, 0.05) is 25.9 Å². The Morgan fingerprint density at radius 3 is 2.60 bits per heavy atom. The van der Waals surface area contributed by atoms with Crippen molar-refractivity contribution in [3.8, 4) is 0 Å². The Bertz CT molecular complexity index is 586. The summed E-state index contributed by atoms with van der Waals surface area (Å²) >= 11 is 0. The molecule has 1 aromatic rings. The molecule has 0 saturated heterocycles. The minimum Gasteiger partial charge on any atom is -0.478 e. The van der Waals surface area contributed by atoms with E-state index in [0.717, 1.165) is 10.4 Å². The van der Waals surface area contributed by atoms with Crippen molar-refractivity contribution < 1.29 is 23.1 Å². The number of carboxylic acids is 1. The van der Waals surface area contributed by atoms with Gasteiger partial charge >= 0.3 is 5.97 Å². The molecule has 0 spiro atoms. The van der Waals surface area contributed by atoms with Gasteiger partial charge in [0.25, 0.3) is 0 Å². The molecule has 3 N–H and O–H groups in total. The molecule has 0 fully saturated rings. The number of ether oxygens (including phenoxy) is 1. The van der Waals surface area contributed by atoms with E-state index in [0.29, 0.717) is 0 Å². The molecule has 112 valence electrons. The Labute approximate surface area is 118 Å². The second-order valence-corrected chi connectivity index (χ2v) is 5.96. The molecule has 0 aliphatic rings. The third-order valence-electron chi connectivity index (χ3n) is 2.75. The van der Waals surface area contributed by atoms with Gasteiger partial charge in [-0.3, -0.25) is 0 Å². The topological polar surface area (TPSA) is 110 Å². The molecule has 1 rings (SSSR count). The highest BCUT2D eigenvalue weighted by Crippen LogP contribution is 2.23. The number of sulfonamides is 1. The van der Waals surface area contributed by atoms with Crippen LogP contribution in [0.15, 0.2) is 23.1 Å². The number of methoxy groups -OCH3 is 1. The summed E-state index contributed by atoms with van der Waals surface area (Å²) in [6.07, 6.45) is 0. The van der Waals surface area contributed by atoms with E-state index in [-0.39, 0.29) is 35.8 Å². The maximum absolute atomic E-state index is 12.5. The highest BCUT2D eigenvalue weighted by atomic mass is 32.2. The quantitative estimate of drug-likeness (QED) is 0.715. The first-order valence-corrected chi connectivity index (χ1v) is 7.40. The molecule has 7 nitrogen and oxygen atoms in total. The molecule has 0 amide bonds. The van der Waals surface area contributed by atoms with Gasteiger partial charge in [-0.2, -0.15) is 4.31 Å². The SMILES string of the molecule is CCN(CCOC)S(=O)(=O)c1cc(N)ccc1C(=O)O. The second kappa shape index (κ2) is 6.69. The molecule has 0 aliphatic carbocycles. The van der Waals surface area contributed by atoms with Crippen LogP contribution >= 0.6 is 0 Å². The number of likely N-dealkylation sites (N-methyl/N-ethyl adjacent to an activating group) is 1. The molecular formula is C12H18N2O5S. The van der Waals surface area contributed by atoms with Crippen LogP contribution in [0.2, 0.25) is 0 Å². The lowest BCUT2D eigenvalue weighted by Gasteiger charge is -2.21. The molecular weight excluding hydrogens is 284 g/mol. The van der Waals surface area contributed by atoms with Gasteiger partial charge in [0.2, 0.25) is 10.0 Å². The van der Waals surface area contributed by atoms with Crippen LogP contribution in [0.25, 0.3) is 0 Å². The van der Waals surface area contributed by atoms with Crippen molar-refractivity contribution >= 4 is 21.7 Å². The van der Waals surface area contributed by atoms with Gasteiger partial charge in [-0.15, -0.1) is 0 Å². The molecule has 0 heterocycles. The second-order valence-electron chi connectivity index (χ2n) is 4.05. The summed E-state index contributed by atoms with van der Waals surface area (Å²) in [4.78, 5) is 10.9. The highest BCUT2D eigenvalue weighted by Gasteiger charge is 2.28. The number of carbonyl (C=O) groups is 1.